The van der Waals surface area contributed by atoms with E-state index in [9.17, 15) is 19.7 Å². The molecule has 1 amide bonds. The van der Waals surface area contributed by atoms with Crippen molar-refractivity contribution in [3.05, 3.63) is 39.8 Å². The van der Waals surface area contributed by atoms with Crippen LogP contribution in [0.15, 0.2) is 18.3 Å². The molecule has 0 atom stereocenters. The molecule has 0 aromatic carbocycles. The number of amides is 1. The van der Waals surface area contributed by atoms with Crippen LogP contribution in [0.4, 0.5) is 5.69 Å². The number of rotatable bonds is 6. The highest BCUT2D eigenvalue weighted by Crippen LogP contribution is 2.17. The van der Waals surface area contributed by atoms with E-state index in [2.05, 4.69) is 10.3 Å². The fourth-order valence-electron chi connectivity index (χ4n) is 2.06. The molecule has 0 saturated heterocycles. The maximum atomic E-state index is 12.2. The van der Waals surface area contributed by atoms with E-state index in [-0.39, 0.29) is 24.3 Å². The summed E-state index contributed by atoms with van der Waals surface area (Å²) in [4.78, 5) is 37.0. The van der Waals surface area contributed by atoms with Crippen molar-refractivity contribution in [2.24, 2.45) is 0 Å². The topological polar surface area (TPSA) is 127 Å². The summed E-state index contributed by atoms with van der Waals surface area (Å²) in [5.41, 5.74) is 0.925. The zero-order chi connectivity index (χ0) is 16.3. The highest BCUT2D eigenvalue weighted by Gasteiger charge is 2.18. The molecule has 0 unspecified atom stereocenters. The largest absolute Gasteiger partial charge is 0.481 e. The third-order valence-electron chi connectivity index (χ3n) is 3.06. The first kappa shape index (κ1) is 15.4. The van der Waals surface area contributed by atoms with Gasteiger partial charge in [0.25, 0.3) is 11.6 Å². The summed E-state index contributed by atoms with van der Waals surface area (Å²) >= 11 is 0. The van der Waals surface area contributed by atoms with Gasteiger partial charge in [-0.2, -0.15) is 0 Å². The number of carboxylic acids is 1. The molecule has 0 aliphatic rings. The van der Waals surface area contributed by atoms with E-state index in [1.165, 1.54) is 22.7 Å². The Kier molecular flexibility index (Phi) is 4.35. The molecule has 0 aliphatic heterocycles. The van der Waals surface area contributed by atoms with Crippen molar-refractivity contribution in [3.63, 3.8) is 0 Å². The monoisotopic (exact) mass is 306 g/mol. The third-order valence-corrected chi connectivity index (χ3v) is 3.06. The Morgan fingerprint density at radius 1 is 1.45 bits per heavy atom. The van der Waals surface area contributed by atoms with E-state index in [0.29, 0.717) is 17.8 Å². The lowest BCUT2D eigenvalue weighted by Crippen LogP contribution is -2.26. The van der Waals surface area contributed by atoms with E-state index in [1.807, 2.05) is 0 Å². The van der Waals surface area contributed by atoms with Gasteiger partial charge in [0.2, 0.25) is 0 Å². The molecule has 9 heteroatoms. The second kappa shape index (κ2) is 6.20. The first-order valence-corrected chi connectivity index (χ1v) is 6.53. The van der Waals surface area contributed by atoms with Gasteiger partial charge in [-0.15, -0.1) is 0 Å². The van der Waals surface area contributed by atoms with Crippen molar-refractivity contribution in [3.8, 4) is 0 Å². The van der Waals surface area contributed by atoms with Crippen LogP contribution in [-0.4, -0.2) is 37.8 Å². The number of imidazole rings is 1. The van der Waals surface area contributed by atoms with Gasteiger partial charge in [0.15, 0.2) is 0 Å². The molecule has 0 saturated carbocycles. The van der Waals surface area contributed by atoms with Gasteiger partial charge in [-0.3, -0.25) is 24.1 Å². The number of carboxylic acid groups (broad SMARTS) is 1. The highest BCUT2D eigenvalue weighted by molar-refractivity contribution is 5.94. The molecule has 2 aromatic heterocycles. The molecule has 2 aromatic rings. The minimum absolute atomic E-state index is 0.0438. The summed E-state index contributed by atoms with van der Waals surface area (Å²) in [7, 11) is 0. The van der Waals surface area contributed by atoms with Crippen LogP contribution in [0.5, 0.6) is 0 Å². The molecule has 2 heterocycles. The van der Waals surface area contributed by atoms with Gasteiger partial charge in [0.05, 0.1) is 16.8 Å². The van der Waals surface area contributed by atoms with Crippen LogP contribution in [0, 0.1) is 17.0 Å². The lowest BCUT2D eigenvalue weighted by atomic mass is 10.3. The molecule has 0 spiro atoms. The maximum absolute atomic E-state index is 12.2. The number of carbonyl (C=O) groups excluding carboxylic acids is 1. The van der Waals surface area contributed by atoms with Crippen molar-refractivity contribution in [2.75, 3.05) is 6.54 Å². The number of pyridine rings is 1. The standard InChI is InChI=1S/C13H14N4O5/c1-8-12(13(20)14-6-2-3-11(18)19)16-7-9(17(21)22)4-5-10(16)15-8/h4-5,7H,2-3,6H2,1H3,(H,14,20)(H,18,19). The predicted octanol–water partition coefficient (Wildman–Crippen LogP) is 1.15. The average molecular weight is 306 g/mol. The summed E-state index contributed by atoms with van der Waals surface area (Å²) in [6.45, 7) is 1.83. The molecule has 116 valence electrons. The van der Waals surface area contributed by atoms with Crippen molar-refractivity contribution >= 4 is 23.2 Å². The zero-order valence-corrected chi connectivity index (χ0v) is 11.8. The summed E-state index contributed by atoms with van der Waals surface area (Å²) in [6, 6.07) is 2.78. The van der Waals surface area contributed by atoms with Crippen LogP contribution >= 0.6 is 0 Å². The number of aryl methyl sites for hydroxylation is 1. The summed E-state index contributed by atoms with van der Waals surface area (Å²) in [5.74, 6) is -1.38. The second-order valence-electron chi connectivity index (χ2n) is 4.67. The van der Waals surface area contributed by atoms with E-state index < -0.39 is 16.8 Å². The molecule has 0 fully saturated rings. The smallest absolute Gasteiger partial charge is 0.303 e. The highest BCUT2D eigenvalue weighted by atomic mass is 16.6. The van der Waals surface area contributed by atoms with Crippen LogP contribution in [0.2, 0.25) is 0 Å². The zero-order valence-electron chi connectivity index (χ0n) is 11.8. The molecular weight excluding hydrogens is 292 g/mol. The molecule has 0 aliphatic carbocycles. The SMILES string of the molecule is Cc1nc2ccc([N+](=O)[O-])cn2c1C(=O)NCCCC(=O)O. The Morgan fingerprint density at radius 3 is 2.82 bits per heavy atom. The number of aromatic nitrogens is 2. The molecule has 2 rings (SSSR count). The van der Waals surface area contributed by atoms with Crippen molar-refractivity contribution < 1.29 is 19.6 Å². The number of fused-ring (bicyclic) bond motifs is 1. The third kappa shape index (κ3) is 3.19. The van der Waals surface area contributed by atoms with E-state index in [4.69, 9.17) is 5.11 Å². The van der Waals surface area contributed by atoms with Gasteiger partial charge >= 0.3 is 5.97 Å². The van der Waals surface area contributed by atoms with Crippen LogP contribution in [0.1, 0.15) is 29.0 Å². The number of hydrogen-bond acceptors (Lipinski definition) is 5. The Balaban J connectivity index is 2.23. The van der Waals surface area contributed by atoms with Gasteiger partial charge in [0.1, 0.15) is 11.3 Å². The van der Waals surface area contributed by atoms with Gasteiger partial charge < -0.3 is 10.4 Å². The van der Waals surface area contributed by atoms with Gasteiger partial charge in [-0.1, -0.05) is 0 Å². The average Bonchev–Trinajstić information content (AvgIpc) is 2.78. The molecule has 0 radical (unpaired) electrons. The van der Waals surface area contributed by atoms with Crippen molar-refractivity contribution in [1.29, 1.82) is 0 Å². The Labute approximate surface area is 124 Å². The Hall–Kier alpha value is -2.97. The summed E-state index contributed by atoms with van der Waals surface area (Å²) in [6.07, 6.45) is 1.50. The lowest BCUT2D eigenvalue weighted by molar-refractivity contribution is -0.385. The number of carbonyl (C=O) groups is 2. The van der Waals surface area contributed by atoms with E-state index in [0.717, 1.165) is 0 Å². The van der Waals surface area contributed by atoms with Gasteiger partial charge in [0, 0.05) is 19.0 Å². The first-order valence-electron chi connectivity index (χ1n) is 6.53. The van der Waals surface area contributed by atoms with Crippen molar-refractivity contribution in [2.45, 2.75) is 19.8 Å². The second-order valence-corrected chi connectivity index (χ2v) is 4.67. The summed E-state index contributed by atoms with van der Waals surface area (Å²) in [5, 5.41) is 22.0. The molecule has 22 heavy (non-hydrogen) atoms. The van der Waals surface area contributed by atoms with E-state index in [1.54, 1.807) is 6.92 Å². The fourth-order valence-corrected chi connectivity index (χ4v) is 2.06. The van der Waals surface area contributed by atoms with Gasteiger partial charge in [-0.05, 0) is 19.4 Å². The lowest BCUT2D eigenvalue weighted by Gasteiger charge is -2.05. The van der Waals surface area contributed by atoms with Crippen LogP contribution in [-0.2, 0) is 4.79 Å². The van der Waals surface area contributed by atoms with Crippen LogP contribution < -0.4 is 5.32 Å². The van der Waals surface area contributed by atoms with E-state index >= 15 is 0 Å². The van der Waals surface area contributed by atoms with Gasteiger partial charge in [-0.25, -0.2) is 4.98 Å². The number of nitro groups is 1. The quantitative estimate of drug-likeness (QED) is 0.468. The van der Waals surface area contributed by atoms with Crippen LogP contribution in [0.25, 0.3) is 5.65 Å². The van der Waals surface area contributed by atoms with Crippen LogP contribution in [0.3, 0.4) is 0 Å². The van der Waals surface area contributed by atoms with Crippen molar-refractivity contribution in [1.82, 2.24) is 14.7 Å². The first-order chi connectivity index (χ1) is 10.4. The Morgan fingerprint density at radius 2 is 2.18 bits per heavy atom. The number of nitrogens with zero attached hydrogens (tertiary/aromatic N) is 3. The number of hydrogen-bond donors (Lipinski definition) is 2. The molecule has 9 nitrogen and oxygen atoms in total. The fraction of sp³-hybridized carbons (Fsp3) is 0.308. The number of nitrogens with one attached hydrogen (secondary N) is 1. The maximum Gasteiger partial charge on any atom is 0.303 e. The Bertz CT molecular complexity index is 752. The normalized spacial score (nSPS) is 10.6. The number of aliphatic carboxylic acids is 1. The molecule has 0 bridgehead atoms. The minimum atomic E-state index is -0.934. The predicted molar refractivity (Wildman–Crippen MR) is 75.8 cm³/mol. The summed E-state index contributed by atoms with van der Waals surface area (Å²) < 4.78 is 1.36. The molecular formula is C13H14N4O5. The minimum Gasteiger partial charge on any atom is -0.481 e. The molecule has 2 N–H and O–H groups in total.